The molecule has 2 heterocycles. The largest absolute Gasteiger partial charge is 0.369 e. The summed E-state index contributed by atoms with van der Waals surface area (Å²) >= 11 is 6.25. The van der Waals surface area contributed by atoms with E-state index in [1.807, 2.05) is 18.3 Å². The van der Waals surface area contributed by atoms with E-state index in [-0.39, 0.29) is 0 Å². The normalized spacial score (nSPS) is 25.8. The Balaban J connectivity index is 1.76. The molecule has 1 aliphatic heterocycles. The van der Waals surface area contributed by atoms with Gasteiger partial charge in [-0.3, -0.25) is 4.98 Å². The van der Waals surface area contributed by atoms with Gasteiger partial charge in [-0.15, -0.1) is 0 Å². The molecule has 2 atom stereocenters. The Hall–Kier alpha value is -1.32. The van der Waals surface area contributed by atoms with Crippen molar-refractivity contribution in [3.8, 4) is 0 Å². The monoisotopic (exact) mass is 301 g/mol. The molecule has 2 fully saturated rings. The highest BCUT2D eigenvalue weighted by molar-refractivity contribution is 6.31. The van der Waals surface area contributed by atoms with Gasteiger partial charge in [-0.2, -0.15) is 0 Å². The Morgan fingerprint density at radius 3 is 2.86 bits per heavy atom. The minimum absolute atomic E-state index is 0.293. The first-order chi connectivity index (χ1) is 10.1. The number of nitrogens with zero attached hydrogens (tertiary/aromatic N) is 2. The first kappa shape index (κ1) is 13.4. The number of hydrogen-bond acceptors (Lipinski definition) is 3. The van der Waals surface area contributed by atoms with Gasteiger partial charge in [0.1, 0.15) is 0 Å². The summed E-state index contributed by atoms with van der Waals surface area (Å²) in [6.45, 7) is 4.07. The lowest BCUT2D eigenvalue weighted by Gasteiger charge is -2.21. The van der Waals surface area contributed by atoms with Crippen molar-refractivity contribution in [3.05, 3.63) is 35.0 Å². The number of aryl methyl sites for hydroxylation is 1. The lowest BCUT2D eigenvalue weighted by molar-refractivity contribution is 0.456. The van der Waals surface area contributed by atoms with Crippen molar-refractivity contribution in [2.45, 2.75) is 25.8 Å². The summed E-state index contributed by atoms with van der Waals surface area (Å²) in [5, 5.41) is 1.92. The molecule has 0 unspecified atom stereocenters. The first-order valence-electron chi connectivity index (χ1n) is 7.69. The second kappa shape index (κ2) is 4.85. The zero-order chi connectivity index (χ0) is 14.6. The van der Waals surface area contributed by atoms with E-state index in [0.29, 0.717) is 12.0 Å². The van der Waals surface area contributed by atoms with E-state index in [1.54, 1.807) is 0 Å². The third-order valence-electron chi connectivity index (χ3n) is 4.96. The van der Waals surface area contributed by atoms with Gasteiger partial charge in [0.15, 0.2) is 0 Å². The van der Waals surface area contributed by atoms with Gasteiger partial charge < -0.3 is 10.6 Å². The molecule has 110 valence electrons. The van der Waals surface area contributed by atoms with Gasteiger partial charge in [-0.05, 0) is 55.4 Å². The number of aromatic nitrogens is 1. The summed E-state index contributed by atoms with van der Waals surface area (Å²) in [6.07, 6.45) is 4.61. The zero-order valence-electron chi connectivity index (χ0n) is 12.2. The highest BCUT2D eigenvalue weighted by Gasteiger charge is 2.41. The van der Waals surface area contributed by atoms with E-state index in [4.69, 9.17) is 17.3 Å². The van der Waals surface area contributed by atoms with Crippen molar-refractivity contribution in [1.82, 2.24) is 4.98 Å². The van der Waals surface area contributed by atoms with E-state index in [1.165, 1.54) is 18.5 Å². The molecule has 0 bridgehead atoms. The van der Waals surface area contributed by atoms with Crippen LogP contribution in [0.5, 0.6) is 0 Å². The maximum Gasteiger partial charge on any atom is 0.0752 e. The van der Waals surface area contributed by atoms with Gasteiger partial charge in [0.2, 0.25) is 0 Å². The molecule has 2 aliphatic rings. The van der Waals surface area contributed by atoms with Gasteiger partial charge in [0.05, 0.1) is 5.52 Å². The molecule has 0 radical (unpaired) electrons. The maximum atomic E-state index is 6.37. The van der Waals surface area contributed by atoms with Crippen LogP contribution in [0.4, 0.5) is 5.69 Å². The highest BCUT2D eigenvalue weighted by Crippen LogP contribution is 2.42. The number of pyridine rings is 1. The van der Waals surface area contributed by atoms with E-state index in [2.05, 4.69) is 22.9 Å². The minimum Gasteiger partial charge on any atom is -0.369 e. The molecule has 1 saturated carbocycles. The summed E-state index contributed by atoms with van der Waals surface area (Å²) in [6, 6.07) is 6.40. The molecule has 1 saturated heterocycles. The lowest BCUT2D eigenvalue weighted by Crippen LogP contribution is -2.30. The van der Waals surface area contributed by atoms with Crippen LogP contribution in [0.15, 0.2) is 24.4 Å². The summed E-state index contributed by atoms with van der Waals surface area (Å²) in [7, 11) is 0. The van der Waals surface area contributed by atoms with Crippen LogP contribution in [-0.2, 0) is 0 Å². The van der Waals surface area contributed by atoms with Crippen LogP contribution in [0, 0.1) is 18.8 Å². The van der Waals surface area contributed by atoms with Crippen molar-refractivity contribution >= 4 is 28.2 Å². The molecule has 1 aromatic heterocycles. The number of halogens is 1. The molecule has 1 aromatic carbocycles. The van der Waals surface area contributed by atoms with E-state index in [0.717, 1.165) is 40.5 Å². The van der Waals surface area contributed by atoms with Crippen molar-refractivity contribution in [2.75, 3.05) is 18.0 Å². The molecule has 3 nitrogen and oxygen atoms in total. The zero-order valence-corrected chi connectivity index (χ0v) is 13.0. The summed E-state index contributed by atoms with van der Waals surface area (Å²) in [5.74, 6) is 1.50. The highest BCUT2D eigenvalue weighted by atomic mass is 35.5. The van der Waals surface area contributed by atoms with Crippen molar-refractivity contribution < 1.29 is 0 Å². The number of rotatable bonds is 2. The molecule has 1 aliphatic carbocycles. The van der Waals surface area contributed by atoms with Crippen LogP contribution in [0.25, 0.3) is 10.9 Å². The quantitative estimate of drug-likeness (QED) is 0.925. The average molecular weight is 302 g/mol. The number of anilines is 1. The second-order valence-electron chi connectivity index (χ2n) is 6.52. The van der Waals surface area contributed by atoms with Crippen molar-refractivity contribution in [3.63, 3.8) is 0 Å². The van der Waals surface area contributed by atoms with Crippen LogP contribution < -0.4 is 10.6 Å². The molecule has 2 aromatic rings. The summed E-state index contributed by atoms with van der Waals surface area (Å²) < 4.78 is 0. The first-order valence-corrected chi connectivity index (χ1v) is 8.06. The molecule has 0 amide bonds. The maximum absolute atomic E-state index is 6.37. The topological polar surface area (TPSA) is 42.1 Å². The Labute approximate surface area is 130 Å². The lowest BCUT2D eigenvalue weighted by atomic mass is 9.99. The third-order valence-corrected chi connectivity index (χ3v) is 5.18. The minimum atomic E-state index is 0.293. The van der Waals surface area contributed by atoms with Gasteiger partial charge in [0, 0.05) is 41.4 Å². The predicted octanol–water partition coefficient (Wildman–Crippen LogP) is 3.37. The Morgan fingerprint density at radius 2 is 2.10 bits per heavy atom. The fourth-order valence-electron chi connectivity index (χ4n) is 3.72. The van der Waals surface area contributed by atoms with Crippen LogP contribution in [0.1, 0.15) is 18.4 Å². The molecule has 4 heteroatoms. The number of nitrogens with two attached hydrogens (primary N) is 1. The Morgan fingerprint density at radius 1 is 1.29 bits per heavy atom. The SMILES string of the molecule is Cc1cc(Cl)cc2c(N3C[C@@H](N)[C@H](C4CC4)C3)ccnc12. The van der Waals surface area contributed by atoms with E-state index < -0.39 is 0 Å². The van der Waals surface area contributed by atoms with Gasteiger partial charge in [0.25, 0.3) is 0 Å². The van der Waals surface area contributed by atoms with Crippen LogP contribution in [0.3, 0.4) is 0 Å². The number of benzene rings is 1. The molecular formula is C17H20ClN3. The van der Waals surface area contributed by atoms with Gasteiger partial charge in [-0.1, -0.05) is 11.6 Å². The predicted molar refractivity (Wildman–Crippen MR) is 87.9 cm³/mol. The summed E-state index contributed by atoms with van der Waals surface area (Å²) in [5.41, 5.74) is 9.76. The average Bonchev–Trinajstić information content (AvgIpc) is 3.21. The molecular weight excluding hydrogens is 282 g/mol. The fourth-order valence-corrected chi connectivity index (χ4v) is 4.00. The summed E-state index contributed by atoms with van der Waals surface area (Å²) in [4.78, 5) is 6.95. The Kier molecular flexibility index (Phi) is 3.09. The smallest absolute Gasteiger partial charge is 0.0752 e. The van der Waals surface area contributed by atoms with E-state index >= 15 is 0 Å². The standard InChI is InChI=1S/C17H20ClN3/c1-10-6-12(18)7-13-16(4-5-20-17(10)13)21-8-14(11-2-3-11)15(19)9-21/h4-7,11,14-15H,2-3,8-9,19H2,1H3/t14-,15+/m0/s1. The Bertz CT molecular complexity index is 696. The molecule has 0 spiro atoms. The van der Waals surface area contributed by atoms with Crippen molar-refractivity contribution in [2.24, 2.45) is 17.6 Å². The molecule has 21 heavy (non-hydrogen) atoms. The van der Waals surface area contributed by atoms with Crippen molar-refractivity contribution in [1.29, 1.82) is 0 Å². The van der Waals surface area contributed by atoms with Crippen LogP contribution in [0.2, 0.25) is 5.02 Å². The van der Waals surface area contributed by atoms with Crippen LogP contribution >= 0.6 is 11.6 Å². The number of hydrogen-bond donors (Lipinski definition) is 1. The fraction of sp³-hybridized carbons (Fsp3) is 0.471. The van der Waals surface area contributed by atoms with Crippen LogP contribution in [-0.4, -0.2) is 24.1 Å². The number of fused-ring (bicyclic) bond motifs is 1. The van der Waals surface area contributed by atoms with Gasteiger partial charge in [-0.25, -0.2) is 0 Å². The second-order valence-corrected chi connectivity index (χ2v) is 6.96. The van der Waals surface area contributed by atoms with Gasteiger partial charge >= 0.3 is 0 Å². The molecule has 4 rings (SSSR count). The van der Waals surface area contributed by atoms with E-state index in [9.17, 15) is 0 Å². The molecule has 2 N–H and O–H groups in total. The third kappa shape index (κ3) is 2.29.